The Morgan fingerprint density at radius 1 is 1.70 bits per heavy atom. The predicted molar refractivity (Wildman–Crippen MR) is 40.7 cm³/mol. The summed E-state index contributed by atoms with van der Waals surface area (Å²) in [5, 5.41) is 8.89. The minimum Gasteiger partial charge on any atom is -0.394 e. The summed E-state index contributed by atoms with van der Waals surface area (Å²) in [6.45, 7) is 5.15. The maximum Gasteiger partial charge on any atom is 0.0624 e. The molecule has 1 rings (SSSR count). The summed E-state index contributed by atoms with van der Waals surface area (Å²) in [4.78, 5) is 2.26. The van der Waals surface area contributed by atoms with Gasteiger partial charge in [-0.15, -0.1) is 0 Å². The van der Waals surface area contributed by atoms with Crippen LogP contribution >= 0.6 is 0 Å². The van der Waals surface area contributed by atoms with Crippen LogP contribution in [-0.4, -0.2) is 41.8 Å². The first-order valence-electron chi connectivity index (χ1n) is 3.82. The molecule has 0 aromatic heterocycles. The van der Waals surface area contributed by atoms with Gasteiger partial charge < -0.3 is 15.7 Å². The third-order valence-corrected chi connectivity index (χ3v) is 2.23. The first-order valence-corrected chi connectivity index (χ1v) is 3.82. The van der Waals surface area contributed by atoms with Crippen molar-refractivity contribution in [2.45, 2.75) is 18.9 Å². The van der Waals surface area contributed by atoms with Gasteiger partial charge in [-0.05, 0) is 13.0 Å². The third kappa shape index (κ3) is 1.48. The molecular formula is C7H16N2O. The van der Waals surface area contributed by atoms with Crippen molar-refractivity contribution in [3.8, 4) is 0 Å². The monoisotopic (exact) mass is 144 g/mol. The Labute approximate surface area is 61.8 Å². The van der Waals surface area contributed by atoms with Crippen LogP contribution in [-0.2, 0) is 0 Å². The van der Waals surface area contributed by atoms with Crippen molar-refractivity contribution < 1.29 is 5.11 Å². The first kappa shape index (κ1) is 7.98. The van der Waals surface area contributed by atoms with E-state index in [1.165, 1.54) is 0 Å². The van der Waals surface area contributed by atoms with Crippen LogP contribution < -0.4 is 5.73 Å². The molecule has 0 saturated carbocycles. The molecule has 0 bridgehead atoms. The highest BCUT2D eigenvalue weighted by Gasteiger charge is 2.32. The molecule has 0 aromatic carbocycles. The van der Waals surface area contributed by atoms with Gasteiger partial charge in [-0.2, -0.15) is 0 Å². The number of hydrogen-bond acceptors (Lipinski definition) is 3. The first-order chi connectivity index (χ1) is 4.70. The Hall–Kier alpha value is -0.120. The van der Waals surface area contributed by atoms with Gasteiger partial charge >= 0.3 is 0 Å². The van der Waals surface area contributed by atoms with Crippen molar-refractivity contribution in [2.24, 2.45) is 5.73 Å². The standard InChI is InChI=1S/C7H16N2O/c1-2-9-4-3-7(8,5-9)6-10/h10H,2-6,8H2,1H3. The fourth-order valence-electron chi connectivity index (χ4n) is 1.38. The smallest absolute Gasteiger partial charge is 0.0624 e. The topological polar surface area (TPSA) is 49.5 Å². The molecule has 0 aromatic rings. The highest BCUT2D eigenvalue weighted by molar-refractivity contribution is 4.93. The molecule has 0 radical (unpaired) electrons. The second kappa shape index (κ2) is 2.86. The lowest BCUT2D eigenvalue weighted by Gasteiger charge is -2.20. The van der Waals surface area contributed by atoms with Crippen LogP contribution in [0.15, 0.2) is 0 Å². The molecule has 0 amide bonds. The maximum atomic E-state index is 8.89. The van der Waals surface area contributed by atoms with Crippen LogP contribution in [0.2, 0.25) is 0 Å². The molecule has 3 nitrogen and oxygen atoms in total. The van der Waals surface area contributed by atoms with E-state index in [9.17, 15) is 0 Å². The fourth-order valence-corrected chi connectivity index (χ4v) is 1.38. The average molecular weight is 144 g/mol. The number of likely N-dealkylation sites (N-methyl/N-ethyl adjacent to an activating group) is 1. The van der Waals surface area contributed by atoms with Crippen LogP contribution in [0.1, 0.15) is 13.3 Å². The maximum absolute atomic E-state index is 8.89. The van der Waals surface area contributed by atoms with Gasteiger partial charge in [0, 0.05) is 13.1 Å². The lowest BCUT2D eigenvalue weighted by Crippen LogP contribution is -2.46. The molecule has 1 fully saturated rings. The van der Waals surface area contributed by atoms with E-state index in [2.05, 4.69) is 11.8 Å². The summed E-state index contributed by atoms with van der Waals surface area (Å²) in [5.74, 6) is 0. The van der Waals surface area contributed by atoms with Crippen LogP contribution in [0.25, 0.3) is 0 Å². The lowest BCUT2D eigenvalue weighted by molar-refractivity contribution is 0.195. The number of nitrogens with zero attached hydrogens (tertiary/aromatic N) is 1. The van der Waals surface area contributed by atoms with Crippen LogP contribution in [0.4, 0.5) is 0 Å². The SMILES string of the molecule is CCN1CCC(N)(CO)C1. The molecule has 1 saturated heterocycles. The lowest BCUT2D eigenvalue weighted by atomic mass is 10.0. The quantitative estimate of drug-likeness (QED) is 0.544. The summed E-state index contributed by atoms with van der Waals surface area (Å²) in [6, 6.07) is 0. The molecular weight excluding hydrogens is 128 g/mol. The van der Waals surface area contributed by atoms with E-state index in [0.717, 1.165) is 26.1 Å². The summed E-state index contributed by atoms with van der Waals surface area (Å²) in [7, 11) is 0. The number of aliphatic hydroxyl groups is 1. The molecule has 3 heteroatoms. The molecule has 0 aliphatic carbocycles. The van der Waals surface area contributed by atoms with Gasteiger partial charge in [0.25, 0.3) is 0 Å². The molecule has 1 aliphatic heterocycles. The van der Waals surface area contributed by atoms with Gasteiger partial charge in [0.15, 0.2) is 0 Å². The van der Waals surface area contributed by atoms with Crippen molar-refractivity contribution in [3.63, 3.8) is 0 Å². The zero-order valence-electron chi connectivity index (χ0n) is 6.51. The Morgan fingerprint density at radius 3 is 2.70 bits per heavy atom. The summed E-state index contributed by atoms with van der Waals surface area (Å²) >= 11 is 0. The number of hydrogen-bond donors (Lipinski definition) is 2. The van der Waals surface area contributed by atoms with E-state index < -0.39 is 0 Å². The number of nitrogens with two attached hydrogens (primary N) is 1. The zero-order valence-corrected chi connectivity index (χ0v) is 6.51. The highest BCUT2D eigenvalue weighted by Crippen LogP contribution is 2.16. The Bertz CT molecular complexity index is 118. The van der Waals surface area contributed by atoms with Crippen molar-refractivity contribution >= 4 is 0 Å². The highest BCUT2D eigenvalue weighted by atomic mass is 16.3. The number of rotatable bonds is 2. The van der Waals surface area contributed by atoms with Gasteiger partial charge in [0.1, 0.15) is 0 Å². The zero-order chi connectivity index (χ0) is 7.61. The summed E-state index contributed by atoms with van der Waals surface area (Å²) < 4.78 is 0. The second-order valence-corrected chi connectivity index (χ2v) is 3.14. The normalized spacial score (nSPS) is 35.1. The van der Waals surface area contributed by atoms with Crippen LogP contribution in [0.5, 0.6) is 0 Å². The number of likely N-dealkylation sites (tertiary alicyclic amines) is 1. The van der Waals surface area contributed by atoms with E-state index in [1.807, 2.05) is 0 Å². The van der Waals surface area contributed by atoms with Crippen LogP contribution in [0.3, 0.4) is 0 Å². The summed E-state index contributed by atoms with van der Waals surface area (Å²) in [5.41, 5.74) is 5.52. The molecule has 0 spiro atoms. The molecule has 1 atom stereocenters. The van der Waals surface area contributed by atoms with Crippen molar-refractivity contribution in [2.75, 3.05) is 26.2 Å². The Morgan fingerprint density at radius 2 is 2.40 bits per heavy atom. The Kier molecular flexibility index (Phi) is 2.28. The minimum atomic E-state index is -0.310. The van der Waals surface area contributed by atoms with E-state index in [1.54, 1.807) is 0 Å². The van der Waals surface area contributed by atoms with E-state index in [-0.39, 0.29) is 12.1 Å². The second-order valence-electron chi connectivity index (χ2n) is 3.14. The fraction of sp³-hybridized carbons (Fsp3) is 1.00. The van der Waals surface area contributed by atoms with Gasteiger partial charge in [0.2, 0.25) is 0 Å². The third-order valence-electron chi connectivity index (χ3n) is 2.23. The van der Waals surface area contributed by atoms with Gasteiger partial charge in [-0.3, -0.25) is 0 Å². The van der Waals surface area contributed by atoms with Gasteiger partial charge in [0.05, 0.1) is 12.1 Å². The van der Waals surface area contributed by atoms with Crippen LogP contribution in [0, 0.1) is 0 Å². The van der Waals surface area contributed by atoms with Crippen molar-refractivity contribution in [3.05, 3.63) is 0 Å². The Balaban J connectivity index is 2.41. The molecule has 10 heavy (non-hydrogen) atoms. The molecule has 3 N–H and O–H groups in total. The largest absolute Gasteiger partial charge is 0.394 e. The molecule has 1 unspecified atom stereocenters. The van der Waals surface area contributed by atoms with Crippen molar-refractivity contribution in [1.82, 2.24) is 4.90 Å². The summed E-state index contributed by atoms with van der Waals surface area (Å²) in [6.07, 6.45) is 0.928. The number of aliphatic hydroxyl groups excluding tert-OH is 1. The average Bonchev–Trinajstić information content (AvgIpc) is 2.33. The van der Waals surface area contributed by atoms with E-state index >= 15 is 0 Å². The minimum absolute atomic E-state index is 0.115. The molecule has 1 heterocycles. The van der Waals surface area contributed by atoms with Gasteiger partial charge in [-0.25, -0.2) is 0 Å². The van der Waals surface area contributed by atoms with Crippen molar-refractivity contribution in [1.29, 1.82) is 0 Å². The molecule has 60 valence electrons. The molecule has 1 aliphatic rings. The van der Waals surface area contributed by atoms with Gasteiger partial charge in [-0.1, -0.05) is 6.92 Å². The predicted octanol–water partition coefficient (Wildman–Crippen LogP) is -0.598. The van der Waals surface area contributed by atoms with E-state index in [0.29, 0.717) is 0 Å². The van der Waals surface area contributed by atoms with E-state index in [4.69, 9.17) is 10.8 Å².